The second kappa shape index (κ2) is 8.14. The Kier molecular flexibility index (Phi) is 5.42. The second-order valence-electron chi connectivity index (χ2n) is 7.57. The Hall–Kier alpha value is -3.03. The van der Waals surface area contributed by atoms with E-state index in [0.717, 1.165) is 5.56 Å². The number of hydrogen-bond donors (Lipinski definition) is 2. The molecule has 0 spiro atoms. The Bertz CT molecular complexity index is 961. The molecule has 2 aromatic carbocycles. The van der Waals surface area contributed by atoms with E-state index in [0.29, 0.717) is 30.6 Å². The fourth-order valence-corrected chi connectivity index (χ4v) is 4.07. The van der Waals surface area contributed by atoms with E-state index in [1.807, 2.05) is 48.5 Å². The van der Waals surface area contributed by atoms with Gasteiger partial charge in [0, 0.05) is 18.5 Å². The fraction of sp³-hybridized carbons (Fsp3) is 0.318. The van der Waals surface area contributed by atoms with Gasteiger partial charge in [-0.15, -0.1) is 0 Å². The third kappa shape index (κ3) is 3.79. The minimum Gasteiger partial charge on any atom is -0.396 e. The largest absolute Gasteiger partial charge is 0.396 e. The first-order chi connectivity index (χ1) is 14.1. The summed E-state index contributed by atoms with van der Waals surface area (Å²) in [4.78, 5) is 19.1. The van der Waals surface area contributed by atoms with Crippen molar-refractivity contribution in [2.45, 2.75) is 18.9 Å². The van der Waals surface area contributed by atoms with Crippen LogP contribution in [0.2, 0.25) is 0 Å². The van der Waals surface area contributed by atoms with Crippen molar-refractivity contribution in [2.75, 3.05) is 19.7 Å². The minimum atomic E-state index is -0.794. The molecule has 0 saturated carbocycles. The van der Waals surface area contributed by atoms with Gasteiger partial charge in [-0.25, -0.2) is 9.67 Å². The van der Waals surface area contributed by atoms with Gasteiger partial charge in [0.1, 0.15) is 12.7 Å². The van der Waals surface area contributed by atoms with Gasteiger partial charge in [0.25, 0.3) is 5.91 Å². The number of likely N-dealkylation sites (tertiary alicyclic amines) is 1. The van der Waals surface area contributed by atoms with Gasteiger partial charge in [-0.2, -0.15) is 5.10 Å². The standard InChI is InChI=1S/C22H24N4O3/c27-14-22(12-17-6-2-1-3-7-17)13-25(11-10-20(22)28)21(29)18-8-4-5-9-19(18)26-16-23-15-24-26/h1-9,15-16,20,27-28H,10-14H2/t20-,22+/m1/s1. The third-order valence-electron chi connectivity index (χ3n) is 5.69. The van der Waals surface area contributed by atoms with Crippen LogP contribution in [0.1, 0.15) is 22.3 Å². The Morgan fingerprint density at radius 1 is 1.14 bits per heavy atom. The number of para-hydroxylation sites is 1. The number of aliphatic hydroxyl groups excluding tert-OH is 2. The molecule has 0 radical (unpaired) electrons. The van der Waals surface area contributed by atoms with Gasteiger partial charge in [-0.1, -0.05) is 42.5 Å². The molecule has 0 unspecified atom stereocenters. The van der Waals surface area contributed by atoms with E-state index in [2.05, 4.69) is 10.1 Å². The van der Waals surface area contributed by atoms with Crippen molar-refractivity contribution in [2.24, 2.45) is 5.41 Å². The summed E-state index contributed by atoms with van der Waals surface area (Å²) >= 11 is 0. The quantitative estimate of drug-likeness (QED) is 0.690. The number of aromatic nitrogens is 3. The van der Waals surface area contributed by atoms with Crippen molar-refractivity contribution in [1.82, 2.24) is 19.7 Å². The van der Waals surface area contributed by atoms with Gasteiger partial charge in [0.2, 0.25) is 0 Å². The molecule has 0 aliphatic carbocycles. The Morgan fingerprint density at radius 2 is 1.90 bits per heavy atom. The molecule has 29 heavy (non-hydrogen) atoms. The molecule has 1 amide bonds. The summed E-state index contributed by atoms with van der Waals surface area (Å²) in [6, 6.07) is 17.0. The molecule has 1 saturated heterocycles. The molecule has 0 bridgehead atoms. The average molecular weight is 392 g/mol. The zero-order chi connectivity index (χ0) is 20.3. The monoisotopic (exact) mass is 392 g/mol. The number of amides is 1. The summed E-state index contributed by atoms with van der Waals surface area (Å²) < 4.78 is 1.56. The highest BCUT2D eigenvalue weighted by molar-refractivity contribution is 5.97. The number of benzene rings is 2. The maximum atomic E-state index is 13.4. The van der Waals surface area contributed by atoms with E-state index < -0.39 is 11.5 Å². The van der Waals surface area contributed by atoms with Gasteiger partial charge in [0.15, 0.2) is 0 Å². The Balaban J connectivity index is 1.62. The molecule has 2 N–H and O–H groups in total. The highest BCUT2D eigenvalue weighted by atomic mass is 16.3. The first-order valence-electron chi connectivity index (χ1n) is 9.69. The smallest absolute Gasteiger partial charge is 0.256 e. The van der Waals surface area contributed by atoms with Crippen LogP contribution in [0.15, 0.2) is 67.3 Å². The Labute approximate surface area is 169 Å². The molecule has 4 rings (SSSR count). The molecule has 1 aliphatic heterocycles. The van der Waals surface area contributed by atoms with Crippen molar-refractivity contribution in [1.29, 1.82) is 0 Å². The maximum Gasteiger partial charge on any atom is 0.256 e. The molecule has 1 aliphatic rings. The molecule has 150 valence electrons. The first kappa shape index (κ1) is 19.3. The summed E-state index contributed by atoms with van der Waals surface area (Å²) in [5.74, 6) is -0.145. The van der Waals surface area contributed by atoms with Crippen molar-refractivity contribution in [3.63, 3.8) is 0 Å². The highest BCUT2D eigenvalue weighted by Crippen LogP contribution is 2.35. The van der Waals surface area contributed by atoms with Crippen molar-refractivity contribution >= 4 is 5.91 Å². The lowest BCUT2D eigenvalue weighted by Gasteiger charge is -2.45. The van der Waals surface area contributed by atoms with Crippen LogP contribution in [0.5, 0.6) is 0 Å². The molecule has 1 fully saturated rings. The molecular formula is C22H24N4O3. The number of piperidine rings is 1. The minimum absolute atomic E-state index is 0.145. The lowest BCUT2D eigenvalue weighted by Crippen LogP contribution is -2.56. The summed E-state index contributed by atoms with van der Waals surface area (Å²) in [5.41, 5.74) is 1.40. The normalized spacial score (nSPS) is 21.9. The number of hydrogen-bond acceptors (Lipinski definition) is 5. The van der Waals surface area contributed by atoms with E-state index in [1.165, 1.54) is 6.33 Å². The number of rotatable bonds is 5. The number of aliphatic hydroxyl groups is 2. The van der Waals surface area contributed by atoms with Crippen molar-refractivity contribution in [3.05, 3.63) is 78.4 Å². The van der Waals surface area contributed by atoms with Crippen LogP contribution in [0.4, 0.5) is 0 Å². The molecule has 3 aromatic rings. The van der Waals surface area contributed by atoms with Gasteiger partial charge in [-0.05, 0) is 30.5 Å². The van der Waals surface area contributed by atoms with Gasteiger partial charge in [-0.3, -0.25) is 4.79 Å². The summed E-state index contributed by atoms with van der Waals surface area (Å²) in [7, 11) is 0. The van der Waals surface area contributed by atoms with Crippen LogP contribution >= 0.6 is 0 Å². The van der Waals surface area contributed by atoms with Gasteiger partial charge >= 0.3 is 0 Å². The van der Waals surface area contributed by atoms with Crippen molar-refractivity contribution in [3.8, 4) is 5.69 Å². The number of carbonyl (C=O) groups excluding carboxylic acids is 1. The summed E-state index contributed by atoms with van der Waals surface area (Å²) in [6.45, 7) is 0.518. The third-order valence-corrected chi connectivity index (χ3v) is 5.69. The molecule has 2 heterocycles. The van der Waals surface area contributed by atoms with Gasteiger partial charge < -0.3 is 15.1 Å². The fourth-order valence-electron chi connectivity index (χ4n) is 4.07. The van der Waals surface area contributed by atoms with Gasteiger partial charge in [0.05, 0.1) is 24.0 Å². The highest BCUT2D eigenvalue weighted by Gasteiger charge is 2.44. The number of nitrogens with zero attached hydrogens (tertiary/aromatic N) is 4. The molecule has 2 atom stereocenters. The lowest BCUT2D eigenvalue weighted by atomic mass is 9.73. The number of carbonyl (C=O) groups is 1. The SMILES string of the molecule is O=C(c1ccccc1-n1cncn1)N1CC[C@@H](O)[C@@](CO)(Cc2ccccc2)C1. The first-order valence-corrected chi connectivity index (χ1v) is 9.69. The molecule has 1 aromatic heterocycles. The maximum absolute atomic E-state index is 13.4. The molecule has 7 heteroatoms. The molecular weight excluding hydrogens is 368 g/mol. The van der Waals surface area contributed by atoms with E-state index in [1.54, 1.807) is 22.0 Å². The van der Waals surface area contributed by atoms with Crippen molar-refractivity contribution < 1.29 is 15.0 Å². The van der Waals surface area contributed by atoms with Crippen LogP contribution in [0.3, 0.4) is 0 Å². The van der Waals surface area contributed by atoms with E-state index in [9.17, 15) is 15.0 Å². The zero-order valence-electron chi connectivity index (χ0n) is 16.1. The van der Waals surface area contributed by atoms with Crippen LogP contribution in [-0.4, -0.2) is 61.6 Å². The van der Waals surface area contributed by atoms with Crippen LogP contribution in [0.25, 0.3) is 5.69 Å². The predicted molar refractivity (Wildman–Crippen MR) is 108 cm³/mol. The van der Waals surface area contributed by atoms with Crippen LogP contribution in [-0.2, 0) is 6.42 Å². The molecule has 7 nitrogen and oxygen atoms in total. The van der Waals surface area contributed by atoms with E-state index in [4.69, 9.17) is 0 Å². The Morgan fingerprint density at radius 3 is 2.62 bits per heavy atom. The van der Waals surface area contributed by atoms with E-state index in [-0.39, 0.29) is 19.1 Å². The van der Waals surface area contributed by atoms with Crippen LogP contribution < -0.4 is 0 Å². The topological polar surface area (TPSA) is 91.5 Å². The van der Waals surface area contributed by atoms with E-state index >= 15 is 0 Å². The average Bonchev–Trinajstić information content (AvgIpc) is 3.30. The van der Waals surface area contributed by atoms with Crippen LogP contribution in [0, 0.1) is 5.41 Å². The second-order valence-corrected chi connectivity index (χ2v) is 7.57. The summed E-state index contributed by atoms with van der Waals surface area (Å²) in [6.07, 6.45) is 3.22. The zero-order valence-corrected chi connectivity index (χ0v) is 16.1. The summed E-state index contributed by atoms with van der Waals surface area (Å²) in [5, 5.41) is 25.1. The predicted octanol–water partition coefficient (Wildman–Crippen LogP) is 1.70. The lowest BCUT2D eigenvalue weighted by molar-refractivity contribution is -0.0668.